The first-order valence-corrected chi connectivity index (χ1v) is 9.25. The zero-order chi connectivity index (χ0) is 20.2. The third-order valence-corrected chi connectivity index (χ3v) is 5.69. The molecule has 4 atom stereocenters. The molecular formula is C20H34N2O4. The van der Waals surface area contributed by atoms with Crippen LogP contribution in [0.2, 0.25) is 0 Å². The zero-order valence-electron chi connectivity index (χ0n) is 17.3. The summed E-state index contributed by atoms with van der Waals surface area (Å²) >= 11 is 0. The molecule has 148 valence electrons. The number of fused-ring (bicyclic) bond motifs is 1. The van der Waals surface area contributed by atoms with Gasteiger partial charge in [0.15, 0.2) is 0 Å². The molecule has 1 heterocycles. The van der Waals surface area contributed by atoms with Crippen molar-refractivity contribution in [2.24, 2.45) is 22.7 Å². The number of nitrogens with one attached hydrogen (secondary N) is 1. The minimum Gasteiger partial charge on any atom is -0.480 e. The normalized spacial score (nSPS) is 28.2. The SMILES string of the molecule is C=C([C@@H](NC(=O)OC(C)(C)C)C(C)(C)C)N1CC2[C@@H]([C@H]1C(=O)O)C2(C)C. The van der Waals surface area contributed by atoms with Crippen LogP contribution in [0.25, 0.3) is 0 Å². The number of nitrogens with zero attached hydrogens (tertiary/aromatic N) is 1. The summed E-state index contributed by atoms with van der Waals surface area (Å²) in [6.45, 7) is 20.5. The van der Waals surface area contributed by atoms with E-state index < -0.39 is 29.7 Å². The van der Waals surface area contributed by atoms with E-state index in [1.54, 1.807) is 0 Å². The standard InChI is InChI=1S/C20H34N2O4/c1-11(15(18(2,3)4)21-17(25)26-19(5,6)7)22-10-12-13(20(12,8)9)14(22)16(23)24/h12-15H,1,10H2,2-9H3,(H,21,25)(H,23,24)/t12?,13-,14-,15+/m0/s1. The number of aliphatic carboxylic acids is 1. The molecule has 1 amide bonds. The molecular weight excluding hydrogens is 332 g/mol. The predicted octanol–water partition coefficient (Wildman–Crippen LogP) is 3.48. The minimum atomic E-state index is -0.825. The molecule has 0 bridgehead atoms. The van der Waals surface area contributed by atoms with Crippen LogP contribution in [0.1, 0.15) is 55.4 Å². The Morgan fingerprint density at radius 1 is 1.23 bits per heavy atom. The second kappa shape index (κ2) is 6.17. The topological polar surface area (TPSA) is 78.9 Å². The monoisotopic (exact) mass is 366 g/mol. The fourth-order valence-electron chi connectivity index (χ4n) is 4.26. The van der Waals surface area contributed by atoms with E-state index in [0.29, 0.717) is 18.2 Å². The van der Waals surface area contributed by atoms with E-state index in [0.717, 1.165) is 0 Å². The number of alkyl carbamates (subject to hydrolysis) is 1. The quantitative estimate of drug-likeness (QED) is 0.796. The van der Waals surface area contributed by atoms with E-state index in [1.807, 2.05) is 46.4 Å². The zero-order valence-corrected chi connectivity index (χ0v) is 17.3. The highest BCUT2D eigenvalue weighted by molar-refractivity contribution is 5.76. The number of carbonyl (C=O) groups is 2. The number of amides is 1. The second-order valence-electron chi connectivity index (χ2n) is 10.3. The van der Waals surface area contributed by atoms with Gasteiger partial charge in [0, 0.05) is 18.2 Å². The van der Waals surface area contributed by atoms with Gasteiger partial charge in [-0.25, -0.2) is 9.59 Å². The summed E-state index contributed by atoms with van der Waals surface area (Å²) < 4.78 is 5.39. The van der Waals surface area contributed by atoms with E-state index in [-0.39, 0.29) is 16.7 Å². The summed E-state index contributed by atoms with van der Waals surface area (Å²) in [6, 6.07) is -1.01. The second-order valence-corrected chi connectivity index (χ2v) is 10.3. The Balaban J connectivity index is 2.20. The van der Waals surface area contributed by atoms with Crippen molar-refractivity contribution in [2.45, 2.75) is 73.1 Å². The molecule has 1 unspecified atom stereocenters. The lowest BCUT2D eigenvalue weighted by molar-refractivity contribution is -0.143. The summed E-state index contributed by atoms with van der Waals surface area (Å²) in [5.41, 5.74) is -0.245. The average Bonchev–Trinajstić information content (AvgIpc) is 2.81. The van der Waals surface area contributed by atoms with Crippen LogP contribution in [0.15, 0.2) is 12.3 Å². The van der Waals surface area contributed by atoms with E-state index in [9.17, 15) is 14.7 Å². The number of hydrogen-bond donors (Lipinski definition) is 2. The summed E-state index contributed by atoms with van der Waals surface area (Å²) in [6.07, 6.45) is -0.518. The maximum absolute atomic E-state index is 12.3. The molecule has 0 aromatic carbocycles. The van der Waals surface area contributed by atoms with Gasteiger partial charge in [0.05, 0.1) is 6.04 Å². The van der Waals surface area contributed by atoms with Gasteiger partial charge in [-0.3, -0.25) is 0 Å². The molecule has 1 aliphatic heterocycles. The molecule has 2 rings (SSSR count). The van der Waals surface area contributed by atoms with Gasteiger partial charge in [-0.15, -0.1) is 0 Å². The molecule has 1 saturated heterocycles. The largest absolute Gasteiger partial charge is 0.480 e. The Hall–Kier alpha value is -1.72. The third kappa shape index (κ3) is 3.84. The lowest BCUT2D eigenvalue weighted by Gasteiger charge is -2.40. The Labute approximate surface area is 157 Å². The van der Waals surface area contributed by atoms with E-state index in [1.165, 1.54) is 0 Å². The molecule has 0 spiro atoms. The molecule has 6 nitrogen and oxygen atoms in total. The van der Waals surface area contributed by atoms with Gasteiger partial charge < -0.3 is 20.1 Å². The number of rotatable bonds is 4. The average molecular weight is 367 g/mol. The number of carboxylic acid groups (broad SMARTS) is 1. The van der Waals surface area contributed by atoms with Crippen LogP contribution in [0, 0.1) is 22.7 Å². The highest BCUT2D eigenvalue weighted by Gasteiger charge is 2.69. The Morgan fingerprint density at radius 2 is 1.77 bits per heavy atom. The van der Waals surface area contributed by atoms with Crippen molar-refractivity contribution in [3.05, 3.63) is 12.3 Å². The summed E-state index contributed by atoms with van der Waals surface area (Å²) in [4.78, 5) is 26.1. The minimum absolute atomic E-state index is 0.0512. The van der Waals surface area contributed by atoms with Gasteiger partial charge in [-0.05, 0) is 37.5 Å². The fraction of sp³-hybridized carbons (Fsp3) is 0.800. The van der Waals surface area contributed by atoms with Gasteiger partial charge in [-0.1, -0.05) is 41.2 Å². The molecule has 2 aliphatic rings. The Kier molecular flexibility index (Phi) is 4.89. The first kappa shape index (κ1) is 20.6. The van der Waals surface area contributed by atoms with Crippen molar-refractivity contribution >= 4 is 12.1 Å². The summed E-state index contributed by atoms with van der Waals surface area (Å²) in [5, 5.41) is 12.7. The highest BCUT2D eigenvalue weighted by atomic mass is 16.6. The predicted molar refractivity (Wildman–Crippen MR) is 101 cm³/mol. The molecule has 6 heteroatoms. The molecule has 26 heavy (non-hydrogen) atoms. The number of piperidine rings is 1. The van der Waals surface area contributed by atoms with Crippen LogP contribution in [0.4, 0.5) is 4.79 Å². The van der Waals surface area contributed by atoms with Crippen molar-refractivity contribution < 1.29 is 19.4 Å². The van der Waals surface area contributed by atoms with Gasteiger partial charge in [0.1, 0.15) is 11.6 Å². The van der Waals surface area contributed by atoms with Crippen molar-refractivity contribution in [3.8, 4) is 0 Å². The van der Waals surface area contributed by atoms with Crippen LogP contribution in [-0.2, 0) is 9.53 Å². The van der Waals surface area contributed by atoms with Crippen LogP contribution < -0.4 is 5.32 Å². The molecule has 2 N–H and O–H groups in total. The summed E-state index contributed by atoms with van der Waals surface area (Å²) in [7, 11) is 0. The highest BCUT2D eigenvalue weighted by Crippen LogP contribution is 2.65. The number of hydrogen-bond acceptors (Lipinski definition) is 4. The molecule has 1 saturated carbocycles. The van der Waals surface area contributed by atoms with Gasteiger partial charge in [0.25, 0.3) is 0 Å². The van der Waals surface area contributed by atoms with Gasteiger partial charge in [-0.2, -0.15) is 0 Å². The van der Waals surface area contributed by atoms with Gasteiger partial charge in [0.2, 0.25) is 0 Å². The number of ether oxygens (including phenoxy) is 1. The van der Waals surface area contributed by atoms with E-state index in [4.69, 9.17) is 4.74 Å². The van der Waals surface area contributed by atoms with Crippen molar-refractivity contribution in [1.82, 2.24) is 10.2 Å². The molecule has 1 aliphatic carbocycles. The van der Waals surface area contributed by atoms with Crippen LogP contribution >= 0.6 is 0 Å². The number of carboxylic acids is 1. The maximum atomic E-state index is 12.3. The van der Waals surface area contributed by atoms with E-state index in [2.05, 4.69) is 25.7 Å². The lowest BCUT2D eigenvalue weighted by atomic mass is 9.84. The van der Waals surface area contributed by atoms with Crippen LogP contribution in [0.5, 0.6) is 0 Å². The van der Waals surface area contributed by atoms with Crippen molar-refractivity contribution in [1.29, 1.82) is 0 Å². The first-order valence-electron chi connectivity index (χ1n) is 9.25. The number of likely N-dealkylation sites (tertiary alicyclic amines) is 1. The van der Waals surface area contributed by atoms with Gasteiger partial charge >= 0.3 is 12.1 Å². The van der Waals surface area contributed by atoms with Crippen LogP contribution in [0.3, 0.4) is 0 Å². The lowest BCUT2D eigenvalue weighted by Crippen LogP contribution is -2.53. The fourth-order valence-corrected chi connectivity index (χ4v) is 4.26. The smallest absolute Gasteiger partial charge is 0.408 e. The third-order valence-electron chi connectivity index (χ3n) is 5.69. The molecule has 2 fully saturated rings. The van der Waals surface area contributed by atoms with Crippen LogP contribution in [-0.4, -0.2) is 46.3 Å². The summed E-state index contributed by atoms with van der Waals surface area (Å²) in [5.74, 6) is -0.351. The first-order chi connectivity index (χ1) is 11.6. The Morgan fingerprint density at radius 3 is 2.19 bits per heavy atom. The molecule has 0 radical (unpaired) electrons. The Bertz CT molecular complexity index is 612. The maximum Gasteiger partial charge on any atom is 0.408 e. The number of carbonyl (C=O) groups excluding carboxylic acids is 1. The van der Waals surface area contributed by atoms with Crippen molar-refractivity contribution in [2.75, 3.05) is 6.54 Å². The molecule has 0 aromatic rings. The van der Waals surface area contributed by atoms with Crippen molar-refractivity contribution in [3.63, 3.8) is 0 Å². The van der Waals surface area contributed by atoms with E-state index >= 15 is 0 Å². The molecule has 0 aromatic heterocycles.